The molecule has 1 aliphatic heterocycles. The van der Waals surface area contributed by atoms with Crippen LogP contribution in [0.25, 0.3) is 11.2 Å². The molecule has 10 nitrogen and oxygen atoms in total. The van der Waals surface area contributed by atoms with Gasteiger partial charge in [-0.25, -0.2) is 15.0 Å². The second-order valence-electron chi connectivity index (χ2n) is 6.72. The van der Waals surface area contributed by atoms with Gasteiger partial charge in [0.2, 0.25) is 0 Å². The van der Waals surface area contributed by atoms with Crippen molar-refractivity contribution < 1.29 is 24.8 Å². The lowest BCUT2D eigenvalue weighted by molar-refractivity contribution is -0.0511. The first-order chi connectivity index (χ1) is 14.4. The summed E-state index contributed by atoms with van der Waals surface area (Å²) in [6, 6.07) is 3.87. The number of fused-ring (bicyclic) bond motifs is 1. The van der Waals surface area contributed by atoms with Gasteiger partial charge in [0.25, 0.3) is 0 Å². The minimum atomic E-state index is -1.22. The van der Waals surface area contributed by atoms with Gasteiger partial charge < -0.3 is 30.1 Å². The summed E-state index contributed by atoms with van der Waals surface area (Å²) in [4.78, 5) is 12.9. The van der Waals surface area contributed by atoms with Crippen LogP contribution in [0.2, 0.25) is 0 Å². The number of anilines is 1. The maximum atomic E-state index is 10.3. The van der Waals surface area contributed by atoms with Gasteiger partial charge in [-0.15, -0.1) is 0 Å². The Hall–Kier alpha value is -1.83. The number of aliphatic hydroxyl groups excluding tert-OH is 3. The minimum absolute atomic E-state index is 0.407. The van der Waals surface area contributed by atoms with E-state index in [-0.39, 0.29) is 0 Å². The maximum Gasteiger partial charge on any atom is 0.167 e. The number of benzene rings is 1. The first-order valence-corrected chi connectivity index (χ1v) is 10.6. The van der Waals surface area contributed by atoms with Gasteiger partial charge in [0.05, 0.1) is 29.0 Å². The summed E-state index contributed by atoms with van der Waals surface area (Å²) in [5.41, 5.74) is 1.89. The predicted molar refractivity (Wildman–Crippen MR) is 114 cm³/mol. The van der Waals surface area contributed by atoms with E-state index in [1.165, 1.54) is 17.2 Å². The van der Waals surface area contributed by atoms with E-state index in [9.17, 15) is 15.3 Å². The average Bonchev–Trinajstić information content (AvgIpc) is 3.28. The van der Waals surface area contributed by atoms with Gasteiger partial charge in [0, 0.05) is 6.54 Å². The normalized spacial score (nSPS) is 23.8. The van der Waals surface area contributed by atoms with Crippen molar-refractivity contribution in [2.45, 2.75) is 31.1 Å². The SMILES string of the molecule is COc1c(Br)cc(CNc2ncnc3c2ncn3[C@@H]2O[C@H](CO)[C@@H](O)[C@H]2O)cc1Br. The summed E-state index contributed by atoms with van der Waals surface area (Å²) in [5, 5.41) is 32.9. The molecule has 0 bridgehead atoms. The number of nitrogens with one attached hydrogen (secondary N) is 1. The van der Waals surface area contributed by atoms with Gasteiger partial charge >= 0.3 is 0 Å². The molecule has 3 heterocycles. The van der Waals surface area contributed by atoms with E-state index in [2.05, 4.69) is 52.1 Å². The highest BCUT2D eigenvalue weighted by molar-refractivity contribution is 9.11. The van der Waals surface area contributed by atoms with Crippen molar-refractivity contribution >= 4 is 48.8 Å². The number of hydrogen-bond donors (Lipinski definition) is 4. The van der Waals surface area contributed by atoms with Crippen LogP contribution in [-0.2, 0) is 11.3 Å². The standard InChI is InChI=1S/C18H19Br2N5O5/c1-29-15-9(19)2-8(3-10(15)20)4-21-16-12-17(23-6-22-16)25(7-24-12)18-14(28)13(27)11(5-26)30-18/h2-3,6-7,11,13-14,18,26-28H,4-5H2,1H3,(H,21,22,23)/t11-,13-,14-,18-/m1/s1. The van der Waals surface area contributed by atoms with E-state index in [0.717, 1.165) is 14.5 Å². The molecule has 0 unspecified atom stereocenters. The third kappa shape index (κ3) is 3.79. The number of aromatic nitrogens is 4. The van der Waals surface area contributed by atoms with Gasteiger partial charge in [-0.3, -0.25) is 4.57 Å². The van der Waals surface area contributed by atoms with E-state index in [0.29, 0.717) is 29.3 Å². The third-order valence-electron chi connectivity index (χ3n) is 4.87. The molecule has 1 fully saturated rings. The molecular formula is C18H19Br2N5O5. The van der Waals surface area contributed by atoms with Gasteiger partial charge in [-0.1, -0.05) is 0 Å². The molecule has 4 rings (SSSR count). The molecule has 3 aromatic rings. The summed E-state index contributed by atoms with van der Waals surface area (Å²) in [6.45, 7) is 0.0597. The Kier molecular flexibility index (Phi) is 6.23. The van der Waals surface area contributed by atoms with E-state index < -0.39 is 31.1 Å². The number of methoxy groups -OCH3 is 1. The van der Waals surface area contributed by atoms with Crippen LogP contribution in [0, 0.1) is 0 Å². The molecule has 0 radical (unpaired) electrons. The fourth-order valence-electron chi connectivity index (χ4n) is 3.37. The minimum Gasteiger partial charge on any atom is -0.494 e. The average molecular weight is 545 g/mol. The quantitative estimate of drug-likeness (QED) is 0.365. The van der Waals surface area contributed by atoms with Crippen LogP contribution < -0.4 is 10.1 Å². The van der Waals surface area contributed by atoms with Crippen molar-refractivity contribution in [2.24, 2.45) is 0 Å². The number of hydrogen-bond acceptors (Lipinski definition) is 9. The number of imidazole rings is 1. The fourth-order valence-corrected chi connectivity index (χ4v) is 4.98. The van der Waals surface area contributed by atoms with Gasteiger partial charge in [-0.05, 0) is 49.6 Å². The summed E-state index contributed by atoms with van der Waals surface area (Å²) in [6.07, 6.45) is -1.38. The smallest absolute Gasteiger partial charge is 0.167 e. The molecule has 1 aliphatic rings. The van der Waals surface area contributed by atoms with Crippen molar-refractivity contribution in [3.8, 4) is 5.75 Å². The molecule has 1 aromatic carbocycles. The van der Waals surface area contributed by atoms with Crippen LogP contribution in [0.5, 0.6) is 5.75 Å². The molecule has 0 aliphatic carbocycles. The van der Waals surface area contributed by atoms with Crippen molar-refractivity contribution in [2.75, 3.05) is 19.0 Å². The molecule has 1 saturated heterocycles. The van der Waals surface area contributed by atoms with Crippen LogP contribution in [0.15, 0.2) is 33.7 Å². The van der Waals surface area contributed by atoms with Crippen LogP contribution >= 0.6 is 31.9 Å². The lowest BCUT2D eigenvalue weighted by atomic mass is 10.1. The highest BCUT2D eigenvalue weighted by Crippen LogP contribution is 2.35. The number of rotatable bonds is 6. The Morgan fingerprint density at radius 3 is 2.53 bits per heavy atom. The fraction of sp³-hybridized carbons (Fsp3) is 0.389. The number of nitrogens with zero attached hydrogens (tertiary/aromatic N) is 4. The highest BCUT2D eigenvalue weighted by atomic mass is 79.9. The lowest BCUT2D eigenvalue weighted by Crippen LogP contribution is -2.33. The molecule has 0 amide bonds. The summed E-state index contributed by atoms with van der Waals surface area (Å²) in [7, 11) is 1.60. The van der Waals surface area contributed by atoms with Gasteiger partial charge in [0.1, 0.15) is 30.4 Å². The van der Waals surface area contributed by atoms with E-state index >= 15 is 0 Å². The van der Waals surface area contributed by atoms with E-state index in [1.807, 2.05) is 12.1 Å². The first kappa shape index (κ1) is 21.4. The van der Waals surface area contributed by atoms with Crippen LogP contribution in [0.3, 0.4) is 0 Å². The van der Waals surface area contributed by atoms with Crippen LogP contribution in [0.4, 0.5) is 5.82 Å². The zero-order chi connectivity index (χ0) is 21.4. The Bertz CT molecular complexity index is 1040. The van der Waals surface area contributed by atoms with E-state index in [4.69, 9.17) is 9.47 Å². The third-order valence-corrected chi connectivity index (χ3v) is 6.05. The first-order valence-electron chi connectivity index (χ1n) is 9.00. The zero-order valence-electron chi connectivity index (χ0n) is 15.7. The number of halogens is 2. The summed E-state index contributed by atoms with van der Waals surface area (Å²) < 4.78 is 14.1. The molecule has 2 aromatic heterocycles. The van der Waals surface area contributed by atoms with Crippen molar-refractivity contribution in [1.29, 1.82) is 0 Å². The molecule has 4 atom stereocenters. The van der Waals surface area contributed by atoms with Gasteiger partial charge in [-0.2, -0.15) is 0 Å². The van der Waals surface area contributed by atoms with Gasteiger partial charge in [0.15, 0.2) is 23.2 Å². The summed E-state index contributed by atoms with van der Waals surface area (Å²) in [5.74, 6) is 1.22. The van der Waals surface area contributed by atoms with Crippen LogP contribution in [-0.4, -0.2) is 66.9 Å². The second kappa shape index (κ2) is 8.73. The second-order valence-corrected chi connectivity index (χ2v) is 8.43. The molecule has 4 N–H and O–H groups in total. The lowest BCUT2D eigenvalue weighted by Gasteiger charge is -2.16. The van der Waals surface area contributed by atoms with E-state index in [1.54, 1.807) is 7.11 Å². The Morgan fingerprint density at radius 1 is 1.17 bits per heavy atom. The summed E-state index contributed by atoms with van der Waals surface area (Å²) >= 11 is 6.97. The Labute approximate surface area is 188 Å². The van der Waals surface area contributed by atoms with Crippen molar-refractivity contribution in [3.63, 3.8) is 0 Å². The topological polar surface area (TPSA) is 135 Å². The Morgan fingerprint density at radius 2 is 1.90 bits per heavy atom. The van der Waals surface area contributed by atoms with Crippen molar-refractivity contribution in [3.05, 3.63) is 39.3 Å². The molecule has 30 heavy (non-hydrogen) atoms. The molecule has 0 saturated carbocycles. The molecule has 12 heteroatoms. The Balaban J connectivity index is 1.59. The maximum absolute atomic E-state index is 10.3. The molecule has 160 valence electrons. The zero-order valence-corrected chi connectivity index (χ0v) is 18.9. The number of ether oxygens (including phenoxy) is 2. The van der Waals surface area contributed by atoms with Crippen LogP contribution in [0.1, 0.15) is 11.8 Å². The molecular weight excluding hydrogens is 526 g/mol. The van der Waals surface area contributed by atoms with Crippen molar-refractivity contribution in [1.82, 2.24) is 19.5 Å². The molecule has 0 spiro atoms. The predicted octanol–water partition coefficient (Wildman–Crippen LogP) is 1.58. The monoisotopic (exact) mass is 543 g/mol. The highest BCUT2D eigenvalue weighted by Gasteiger charge is 2.44. The number of aliphatic hydroxyl groups is 3. The largest absolute Gasteiger partial charge is 0.494 e.